The first kappa shape index (κ1) is 38.3. The molecule has 0 unspecified atom stereocenters. The number of hydrogen-bond donors (Lipinski definition) is 0. The van der Waals surface area contributed by atoms with Gasteiger partial charge in [0, 0.05) is 39.3 Å². The van der Waals surface area contributed by atoms with E-state index in [0.29, 0.717) is 0 Å². The Morgan fingerprint density at radius 2 is 0.603 bits per heavy atom. The first-order chi connectivity index (χ1) is 30.8. The lowest BCUT2D eigenvalue weighted by Crippen LogP contribution is -2.30. The average Bonchev–Trinajstić information content (AvgIpc) is 3.33. The lowest BCUT2D eigenvalue weighted by Gasteiger charge is -2.42. The van der Waals surface area contributed by atoms with Crippen molar-refractivity contribution in [1.29, 1.82) is 0 Å². The van der Waals surface area contributed by atoms with E-state index < -0.39 is 0 Å². The van der Waals surface area contributed by atoms with Crippen molar-refractivity contribution in [3.05, 3.63) is 247 Å². The highest BCUT2D eigenvalue weighted by atomic mass is 15.2. The topological polar surface area (TPSA) is 9.72 Å². The number of fused-ring (bicyclic) bond motifs is 4. The van der Waals surface area contributed by atoms with Crippen LogP contribution in [0.1, 0.15) is 49.9 Å². The van der Waals surface area contributed by atoms with Gasteiger partial charge < -0.3 is 14.7 Å². The van der Waals surface area contributed by atoms with Crippen molar-refractivity contribution in [3.8, 4) is 22.3 Å². The van der Waals surface area contributed by atoms with Gasteiger partial charge in [-0.2, -0.15) is 0 Å². The molecule has 9 aromatic carbocycles. The van der Waals surface area contributed by atoms with Gasteiger partial charge >= 0.3 is 0 Å². The Morgan fingerprint density at radius 3 is 0.968 bits per heavy atom. The van der Waals surface area contributed by atoms with E-state index in [-0.39, 0.29) is 10.8 Å². The number of hydrogen-bond acceptors (Lipinski definition) is 3. The summed E-state index contributed by atoms with van der Waals surface area (Å²) in [5.74, 6) is 0. The molecule has 0 saturated heterocycles. The summed E-state index contributed by atoms with van der Waals surface area (Å²) in [5, 5.41) is 0. The van der Waals surface area contributed by atoms with Crippen molar-refractivity contribution < 1.29 is 0 Å². The SMILES string of the molecule is CC1(C)c2ccccc2N(c2cccc(-c3ccc(N(c4ccccc4)c4ccc(-c5cccc(N6c7ccccc7C(C)(C)c7ccccc76)c5)cc4)cc3)c2)c2ccccc21. The molecule has 0 radical (unpaired) electrons. The quantitative estimate of drug-likeness (QED) is 0.159. The summed E-state index contributed by atoms with van der Waals surface area (Å²) in [7, 11) is 0. The van der Waals surface area contributed by atoms with E-state index in [4.69, 9.17) is 0 Å². The molecule has 0 aliphatic carbocycles. The molecule has 11 rings (SSSR count). The van der Waals surface area contributed by atoms with Crippen LogP contribution in [-0.2, 0) is 10.8 Å². The van der Waals surface area contributed by atoms with Crippen LogP contribution < -0.4 is 14.7 Å². The number of anilines is 9. The Labute approximate surface area is 371 Å². The third kappa shape index (κ3) is 6.43. The molecule has 2 heterocycles. The van der Waals surface area contributed by atoms with Gasteiger partial charge in [-0.3, -0.25) is 0 Å². The van der Waals surface area contributed by atoms with Crippen molar-refractivity contribution in [2.24, 2.45) is 0 Å². The standard InChI is InChI=1S/C60H49N3/c1-59(2)51-24-8-12-28-55(51)62(56-29-13-9-25-52(56)59)49-22-16-18-44(40-49)42-32-36-47(37-33-42)61(46-20-6-5-7-21-46)48-38-34-43(35-39-48)45-19-17-23-50(41-45)63-57-30-14-10-26-53(57)60(3,4)54-27-11-15-31-58(54)63/h5-41H,1-4H3. The molecule has 63 heavy (non-hydrogen) atoms. The first-order valence-electron chi connectivity index (χ1n) is 22.0. The smallest absolute Gasteiger partial charge is 0.0502 e. The van der Waals surface area contributed by atoms with E-state index in [2.05, 4.69) is 267 Å². The second-order valence-corrected chi connectivity index (χ2v) is 17.9. The van der Waals surface area contributed by atoms with Crippen LogP contribution in [0.3, 0.4) is 0 Å². The zero-order valence-corrected chi connectivity index (χ0v) is 36.2. The number of para-hydroxylation sites is 5. The zero-order chi connectivity index (χ0) is 42.7. The Kier molecular flexibility index (Phi) is 9.17. The fraction of sp³-hybridized carbons (Fsp3) is 0.100. The minimum Gasteiger partial charge on any atom is -0.311 e. The molecule has 304 valence electrons. The van der Waals surface area contributed by atoms with Crippen LogP contribution in [0.15, 0.2) is 224 Å². The summed E-state index contributed by atoms with van der Waals surface area (Å²) >= 11 is 0. The monoisotopic (exact) mass is 811 g/mol. The number of nitrogens with zero attached hydrogens (tertiary/aromatic N) is 3. The first-order valence-corrected chi connectivity index (χ1v) is 22.0. The predicted molar refractivity (Wildman–Crippen MR) is 266 cm³/mol. The summed E-state index contributed by atoms with van der Waals surface area (Å²) < 4.78 is 0. The highest BCUT2D eigenvalue weighted by molar-refractivity contribution is 5.89. The fourth-order valence-corrected chi connectivity index (χ4v) is 10.2. The van der Waals surface area contributed by atoms with Gasteiger partial charge in [0.25, 0.3) is 0 Å². The molecular weight excluding hydrogens is 763 g/mol. The molecule has 3 heteroatoms. The highest BCUT2D eigenvalue weighted by Crippen LogP contribution is 2.53. The summed E-state index contributed by atoms with van der Waals surface area (Å²) in [4.78, 5) is 7.20. The number of rotatable bonds is 7. The van der Waals surface area contributed by atoms with E-state index >= 15 is 0 Å². The van der Waals surface area contributed by atoms with Crippen molar-refractivity contribution in [2.75, 3.05) is 14.7 Å². The van der Waals surface area contributed by atoms with Gasteiger partial charge in [0.15, 0.2) is 0 Å². The van der Waals surface area contributed by atoms with Crippen molar-refractivity contribution >= 4 is 51.2 Å². The van der Waals surface area contributed by atoms with Crippen LogP contribution >= 0.6 is 0 Å². The van der Waals surface area contributed by atoms with E-state index in [1.54, 1.807) is 0 Å². The van der Waals surface area contributed by atoms with E-state index in [9.17, 15) is 0 Å². The molecule has 0 aromatic heterocycles. The second kappa shape index (κ2) is 15.1. The molecule has 0 saturated carbocycles. The molecule has 0 amide bonds. The maximum Gasteiger partial charge on any atom is 0.0502 e. The van der Waals surface area contributed by atoms with Gasteiger partial charge in [-0.05, 0) is 129 Å². The van der Waals surface area contributed by atoms with Gasteiger partial charge in [0.2, 0.25) is 0 Å². The third-order valence-corrected chi connectivity index (χ3v) is 13.4. The summed E-state index contributed by atoms with van der Waals surface area (Å²) in [5.41, 5.74) is 20.4. The Hall–Kier alpha value is -7.62. The highest BCUT2D eigenvalue weighted by Gasteiger charge is 2.38. The van der Waals surface area contributed by atoms with Crippen molar-refractivity contribution in [1.82, 2.24) is 0 Å². The summed E-state index contributed by atoms with van der Waals surface area (Å²) in [6.45, 7) is 9.34. The molecule has 2 aliphatic rings. The third-order valence-electron chi connectivity index (χ3n) is 13.4. The second-order valence-electron chi connectivity index (χ2n) is 17.9. The summed E-state index contributed by atoms with van der Waals surface area (Å²) in [6.07, 6.45) is 0. The lowest BCUT2D eigenvalue weighted by atomic mass is 9.73. The Bertz CT molecular complexity index is 2830. The van der Waals surface area contributed by atoms with Gasteiger partial charge in [-0.1, -0.05) is 167 Å². The van der Waals surface area contributed by atoms with Crippen LogP contribution in [-0.4, -0.2) is 0 Å². The van der Waals surface area contributed by atoms with Gasteiger partial charge in [0.1, 0.15) is 0 Å². The van der Waals surface area contributed by atoms with Crippen LogP contribution in [0, 0.1) is 0 Å². The Morgan fingerprint density at radius 1 is 0.286 bits per heavy atom. The predicted octanol–water partition coefficient (Wildman–Crippen LogP) is 16.7. The van der Waals surface area contributed by atoms with Gasteiger partial charge in [-0.25, -0.2) is 0 Å². The van der Waals surface area contributed by atoms with Crippen LogP contribution in [0.4, 0.5) is 51.2 Å². The largest absolute Gasteiger partial charge is 0.311 e. The normalized spacial score (nSPS) is 14.2. The molecular formula is C60H49N3. The minimum atomic E-state index is -0.0983. The van der Waals surface area contributed by atoms with Crippen LogP contribution in [0.2, 0.25) is 0 Å². The van der Waals surface area contributed by atoms with Crippen LogP contribution in [0.25, 0.3) is 22.3 Å². The maximum absolute atomic E-state index is 2.43. The summed E-state index contributed by atoms with van der Waals surface area (Å²) in [6, 6.07) is 81.9. The fourth-order valence-electron chi connectivity index (χ4n) is 10.2. The van der Waals surface area contributed by atoms with Gasteiger partial charge in [0.05, 0.1) is 22.7 Å². The van der Waals surface area contributed by atoms with E-state index in [1.807, 2.05) is 0 Å². The minimum absolute atomic E-state index is 0.0983. The molecule has 3 nitrogen and oxygen atoms in total. The van der Waals surface area contributed by atoms with Crippen LogP contribution in [0.5, 0.6) is 0 Å². The van der Waals surface area contributed by atoms with E-state index in [0.717, 1.165) is 28.4 Å². The average molecular weight is 812 g/mol. The molecule has 0 bridgehead atoms. The molecule has 0 spiro atoms. The molecule has 0 atom stereocenters. The molecule has 2 aliphatic heterocycles. The molecule has 0 N–H and O–H groups in total. The van der Waals surface area contributed by atoms with E-state index in [1.165, 1.54) is 67.3 Å². The molecule has 9 aromatic rings. The molecule has 0 fully saturated rings. The van der Waals surface area contributed by atoms with Crippen molar-refractivity contribution in [2.45, 2.75) is 38.5 Å². The lowest BCUT2D eigenvalue weighted by molar-refractivity contribution is 0.632. The number of benzene rings is 9. The van der Waals surface area contributed by atoms with Gasteiger partial charge in [-0.15, -0.1) is 0 Å². The zero-order valence-electron chi connectivity index (χ0n) is 36.2. The maximum atomic E-state index is 2.43. The van der Waals surface area contributed by atoms with Crippen molar-refractivity contribution in [3.63, 3.8) is 0 Å². The Balaban J connectivity index is 0.912.